The summed E-state index contributed by atoms with van der Waals surface area (Å²) >= 11 is 0. The van der Waals surface area contributed by atoms with Crippen molar-refractivity contribution < 1.29 is 9.72 Å². The molecule has 2 N–H and O–H groups in total. The standard InChI is InChI=1S/C17H22N2O3.2C2H6/c1-16-8-3-9-17(2,15(18)20)14(16)7-4-11-10-12(19(21)22)5-6-13(11)16;2*1-2/h5-6,10,14H,3-4,7-9H2,1-2H3,(H2,18,20);2*1-2H3. The summed E-state index contributed by atoms with van der Waals surface area (Å²) < 4.78 is 0. The number of amides is 1. The number of primary amides is 1. The Morgan fingerprint density at radius 3 is 2.35 bits per heavy atom. The molecule has 1 fully saturated rings. The molecule has 1 saturated carbocycles. The van der Waals surface area contributed by atoms with Crippen molar-refractivity contribution >= 4 is 11.6 Å². The molecule has 1 amide bonds. The van der Waals surface area contributed by atoms with Gasteiger partial charge in [-0.15, -0.1) is 0 Å². The number of carbonyl (C=O) groups excluding carboxylic acids is 1. The van der Waals surface area contributed by atoms with Gasteiger partial charge in [0.1, 0.15) is 0 Å². The van der Waals surface area contributed by atoms with E-state index in [-0.39, 0.29) is 27.9 Å². The fourth-order valence-electron chi connectivity index (χ4n) is 4.89. The van der Waals surface area contributed by atoms with Crippen molar-refractivity contribution in [1.82, 2.24) is 0 Å². The van der Waals surface area contributed by atoms with Gasteiger partial charge in [-0.05, 0) is 48.1 Å². The molecular weight excluding hydrogens is 328 g/mol. The highest BCUT2D eigenvalue weighted by Crippen LogP contribution is 2.57. The van der Waals surface area contributed by atoms with Crippen LogP contribution in [0.5, 0.6) is 0 Å². The second-order valence-electron chi connectivity index (χ2n) is 7.24. The summed E-state index contributed by atoms with van der Waals surface area (Å²) in [6.45, 7) is 12.2. The van der Waals surface area contributed by atoms with Gasteiger partial charge in [-0.3, -0.25) is 14.9 Å². The Labute approximate surface area is 157 Å². The Hall–Kier alpha value is -1.91. The Bertz CT molecular complexity index is 659. The zero-order chi connectivity index (χ0) is 20.1. The van der Waals surface area contributed by atoms with Gasteiger partial charge in [0.05, 0.1) is 4.92 Å². The molecule has 0 saturated heterocycles. The Morgan fingerprint density at radius 1 is 1.19 bits per heavy atom. The second-order valence-corrected chi connectivity index (χ2v) is 7.24. The van der Waals surface area contributed by atoms with Crippen LogP contribution >= 0.6 is 0 Å². The van der Waals surface area contributed by atoms with Crippen molar-refractivity contribution in [3.63, 3.8) is 0 Å². The number of carbonyl (C=O) groups is 1. The van der Waals surface area contributed by atoms with Crippen molar-refractivity contribution in [2.45, 2.75) is 79.1 Å². The van der Waals surface area contributed by atoms with E-state index < -0.39 is 5.41 Å². The molecule has 146 valence electrons. The quantitative estimate of drug-likeness (QED) is 0.583. The van der Waals surface area contributed by atoms with Crippen molar-refractivity contribution in [3.8, 4) is 0 Å². The molecule has 2 aliphatic rings. The number of non-ortho nitro benzene ring substituents is 1. The van der Waals surface area contributed by atoms with Crippen LogP contribution in [0.25, 0.3) is 0 Å². The number of nitrogens with two attached hydrogens (primary N) is 1. The number of nitro benzene ring substituents is 1. The fraction of sp³-hybridized carbons (Fsp3) is 0.667. The third-order valence-electron chi connectivity index (χ3n) is 6.11. The maximum absolute atomic E-state index is 12.1. The van der Waals surface area contributed by atoms with Crippen LogP contribution < -0.4 is 5.73 Å². The molecule has 3 rings (SSSR count). The van der Waals surface area contributed by atoms with E-state index >= 15 is 0 Å². The minimum Gasteiger partial charge on any atom is -0.369 e. The lowest BCUT2D eigenvalue weighted by Crippen LogP contribution is -2.54. The zero-order valence-electron chi connectivity index (χ0n) is 17.1. The van der Waals surface area contributed by atoms with Crippen LogP contribution in [0.3, 0.4) is 0 Å². The first-order chi connectivity index (χ1) is 12.3. The van der Waals surface area contributed by atoms with Gasteiger partial charge < -0.3 is 5.73 Å². The molecule has 0 radical (unpaired) electrons. The lowest BCUT2D eigenvalue weighted by Gasteiger charge is -2.54. The SMILES string of the molecule is CC.CC.CC1(C(N)=O)CCCC2(C)c3ccc([N+](=O)[O-])cc3CCC12. The van der Waals surface area contributed by atoms with Gasteiger partial charge in [0.25, 0.3) is 5.69 Å². The van der Waals surface area contributed by atoms with Gasteiger partial charge in [-0.25, -0.2) is 0 Å². The van der Waals surface area contributed by atoms with Gasteiger partial charge in [0.2, 0.25) is 5.91 Å². The predicted molar refractivity (Wildman–Crippen MR) is 106 cm³/mol. The maximum atomic E-state index is 12.1. The first kappa shape index (κ1) is 22.1. The fourth-order valence-corrected chi connectivity index (χ4v) is 4.89. The van der Waals surface area contributed by atoms with Crippen molar-refractivity contribution in [2.24, 2.45) is 17.1 Å². The molecule has 0 heterocycles. The number of benzene rings is 1. The van der Waals surface area contributed by atoms with E-state index in [2.05, 4.69) is 6.92 Å². The lowest BCUT2D eigenvalue weighted by molar-refractivity contribution is -0.385. The van der Waals surface area contributed by atoms with Crippen LogP contribution in [0.4, 0.5) is 5.69 Å². The normalized spacial score (nSPS) is 28.9. The van der Waals surface area contributed by atoms with Crippen LogP contribution in [0.15, 0.2) is 18.2 Å². The summed E-state index contributed by atoms with van der Waals surface area (Å²) in [5.41, 5.74) is 7.50. The smallest absolute Gasteiger partial charge is 0.269 e. The zero-order valence-corrected chi connectivity index (χ0v) is 17.1. The Kier molecular flexibility index (Phi) is 7.36. The van der Waals surface area contributed by atoms with E-state index in [9.17, 15) is 14.9 Å². The number of nitrogens with zero attached hydrogens (tertiary/aromatic N) is 1. The molecule has 2 aliphatic carbocycles. The van der Waals surface area contributed by atoms with E-state index in [0.29, 0.717) is 0 Å². The highest BCUT2D eigenvalue weighted by Gasteiger charge is 2.54. The third-order valence-corrected chi connectivity index (χ3v) is 6.11. The van der Waals surface area contributed by atoms with E-state index in [4.69, 9.17) is 5.73 Å². The molecule has 26 heavy (non-hydrogen) atoms. The first-order valence-electron chi connectivity index (χ1n) is 9.87. The van der Waals surface area contributed by atoms with Crippen LogP contribution in [0, 0.1) is 21.4 Å². The highest BCUT2D eigenvalue weighted by atomic mass is 16.6. The third kappa shape index (κ3) is 3.62. The number of rotatable bonds is 2. The summed E-state index contributed by atoms with van der Waals surface area (Å²) in [5, 5.41) is 11.0. The van der Waals surface area contributed by atoms with E-state index in [1.54, 1.807) is 12.1 Å². The first-order valence-corrected chi connectivity index (χ1v) is 9.87. The van der Waals surface area contributed by atoms with Crippen molar-refractivity contribution in [2.75, 3.05) is 0 Å². The number of aryl methyl sites for hydroxylation is 1. The van der Waals surface area contributed by atoms with Crippen LogP contribution in [-0.2, 0) is 16.6 Å². The van der Waals surface area contributed by atoms with Crippen molar-refractivity contribution in [3.05, 3.63) is 39.4 Å². The minimum atomic E-state index is -0.480. The molecule has 5 heteroatoms. The summed E-state index contributed by atoms with van der Waals surface area (Å²) in [7, 11) is 0. The lowest BCUT2D eigenvalue weighted by atomic mass is 9.49. The molecular formula is C21H34N2O3. The van der Waals surface area contributed by atoms with Gasteiger partial charge in [0, 0.05) is 17.5 Å². The highest BCUT2D eigenvalue weighted by molar-refractivity contribution is 5.81. The van der Waals surface area contributed by atoms with E-state index in [1.165, 1.54) is 5.56 Å². The van der Waals surface area contributed by atoms with Crippen LogP contribution in [0.2, 0.25) is 0 Å². The van der Waals surface area contributed by atoms with Gasteiger partial charge in [-0.2, -0.15) is 0 Å². The number of nitro groups is 1. The molecule has 3 unspecified atom stereocenters. The summed E-state index contributed by atoms with van der Waals surface area (Å²) in [5.74, 6) is -0.00556. The molecule has 5 nitrogen and oxygen atoms in total. The van der Waals surface area contributed by atoms with Gasteiger partial charge >= 0.3 is 0 Å². The molecule has 1 aromatic rings. The van der Waals surface area contributed by atoms with Crippen LogP contribution in [-0.4, -0.2) is 10.8 Å². The average Bonchev–Trinajstić information content (AvgIpc) is 2.64. The molecule has 1 aromatic carbocycles. The molecule has 0 bridgehead atoms. The number of fused-ring (bicyclic) bond motifs is 3. The average molecular weight is 363 g/mol. The van der Waals surface area contributed by atoms with Crippen LogP contribution in [0.1, 0.15) is 78.4 Å². The van der Waals surface area contributed by atoms with E-state index in [0.717, 1.165) is 37.7 Å². The monoisotopic (exact) mass is 362 g/mol. The topological polar surface area (TPSA) is 86.2 Å². The molecule has 0 aliphatic heterocycles. The second kappa shape index (κ2) is 8.65. The van der Waals surface area contributed by atoms with Gasteiger partial charge in [-0.1, -0.05) is 54.0 Å². The van der Waals surface area contributed by atoms with Crippen molar-refractivity contribution in [1.29, 1.82) is 0 Å². The van der Waals surface area contributed by atoms with Gasteiger partial charge in [0.15, 0.2) is 0 Å². The molecule has 0 spiro atoms. The summed E-state index contributed by atoms with van der Waals surface area (Å²) in [6.07, 6.45) is 4.45. The molecule has 3 atom stereocenters. The Balaban J connectivity index is 0.000000791. The summed E-state index contributed by atoms with van der Waals surface area (Å²) in [4.78, 5) is 22.7. The number of hydrogen-bond donors (Lipinski definition) is 1. The predicted octanol–water partition coefficient (Wildman–Crippen LogP) is 5.14. The van der Waals surface area contributed by atoms with E-state index in [1.807, 2.05) is 40.7 Å². The number of hydrogen-bond acceptors (Lipinski definition) is 3. The molecule has 0 aromatic heterocycles. The maximum Gasteiger partial charge on any atom is 0.269 e. The minimum absolute atomic E-state index is 0.120. The Morgan fingerprint density at radius 2 is 1.81 bits per heavy atom. The largest absolute Gasteiger partial charge is 0.369 e. The summed E-state index contributed by atoms with van der Waals surface area (Å²) in [6, 6.07) is 5.18.